The van der Waals surface area contributed by atoms with Crippen molar-refractivity contribution in [1.29, 1.82) is 0 Å². The average molecular weight is 458 g/mol. The Morgan fingerprint density at radius 3 is 2.31 bits per heavy atom. The Labute approximate surface area is 185 Å². The van der Waals surface area contributed by atoms with Crippen LogP contribution in [0, 0.1) is 18.6 Å². The molecule has 0 radical (unpaired) electrons. The zero-order valence-electron chi connectivity index (χ0n) is 17.2. The second kappa shape index (κ2) is 10.3. The molecule has 6 nitrogen and oxygen atoms in total. The largest absolute Gasteiger partial charge is 0.272 e. The van der Waals surface area contributed by atoms with Crippen molar-refractivity contribution in [2.45, 2.75) is 18.4 Å². The third-order valence-electron chi connectivity index (χ3n) is 4.55. The van der Waals surface area contributed by atoms with Crippen LogP contribution in [-0.4, -0.2) is 31.4 Å². The fraction of sp³-hybridized carbons (Fsp3) is 0.130. The van der Waals surface area contributed by atoms with Crippen LogP contribution in [0.4, 0.5) is 8.78 Å². The molecule has 1 N–H and O–H groups in total. The van der Waals surface area contributed by atoms with Gasteiger partial charge in [0.25, 0.3) is 5.91 Å². The van der Waals surface area contributed by atoms with Gasteiger partial charge in [0, 0.05) is 12.1 Å². The van der Waals surface area contributed by atoms with E-state index in [1.807, 2.05) is 6.92 Å². The first-order chi connectivity index (χ1) is 15.3. The highest BCUT2D eigenvalue weighted by atomic mass is 32.2. The fourth-order valence-corrected chi connectivity index (χ4v) is 4.21. The van der Waals surface area contributed by atoms with Gasteiger partial charge < -0.3 is 0 Å². The third kappa shape index (κ3) is 6.05. The van der Waals surface area contributed by atoms with E-state index in [2.05, 4.69) is 10.5 Å². The first-order valence-electron chi connectivity index (χ1n) is 9.63. The molecule has 0 spiro atoms. The van der Waals surface area contributed by atoms with Crippen molar-refractivity contribution < 1.29 is 22.0 Å². The van der Waals surface area contributed by atoms with Crippen LogP contribution in [0.15, 0.2) is 82.8 Å². The number of nitrogens with one attached hydrogen (secondary N) is 1. The Morgan fingerprint density at radius 1 is 1.00 bits per heavy atom. The number of rotatable bonds is 8. The second-order valence-corrected chi connectivity index (χ2v) is 8.97. The number of hydrogen-bond acceptors (Lipinski definition) is 4. The number of hydrogen-bond donors (Lipinski definition) is 1. The van der Waals surface area contributed by atoms with Crippen molar-refractivity contribution in [1.82, 2.24) is 9.73 Å². The summed E-state index contributed by atoms with van der Waals surface area (Å²) in [5.74, 6) is -1.68. The van der Waals surface area contributed by atoms with Crippen molar-refractivity contribution in [2.24, 2.45) is 5.10 Å². The number of halogens is 2. The molecule has 3 rings (SSSR count). The van der Waals surface area contributed by atoms with E-state index < -0.39 is 34.1 Å². The van der Waals surface area contributed by atoms with Crippen molar-refractivity contribution in [3.05, 3.63) is 101 Å². The van der Waals surface area contributed by atoms with Gasteiger partial charge in [-0.2, -0.15) is 9.41 Å². The minimum absolute atomic E-state index is 0.0212. The minimum atomic E-state index is -4.04. The van der Waals surface area contributed by atoms with Crippen LogP contribution >= 0.6 is 0 Å². The van der Waals surface area contributed by atoms with E-state index in [4.69, 9.17) is 0 Å². The fourth-order valence-electron chi connectivity index (χ4n) is 2.83. The maximum Gasteiger partial charge on any atom is 0.255 e. The third-order valence-corrected chi connectivity index (χ3v) is 6.35. The van der Waals surface area contributed by atoms with Gasteiger partial charge in [0.05, 0.1) is 17.7 Å². The molecule has 0 unspecified atom stereocenters. The highest BCUT2D eigenvalue weighted by Crippen LogP contribution is 2.19. The lowest BCUT2D eigenvalue weighted by molar-refractivity contribution is -0.121. The lowest BCUT2D eigenvalue weighted by Gasteiger charge is -2.21. The van der Waals surface area contributed by atoms with E-state index in [9.17, 15) is 22.0 Å². The highest BCUT2D eigenvalue weighted by Gasteiger charge is 2.27. The molecule has 0 heterocycles. The van der Waals surface area contributed by atoms with E-state index in [-0.39, 0.29) is 17.0 Å². The van der Waals surface area contributed by atoms with Gasteiger partial charge in [0.2, 0.25) is 10.0 Å². The van der Waals surface area contributed by atoms with E-state index in [1.54, 1.807) is 18.2 Å². The monoisotopic (exact) mass is 457 g/mol. The molecule has 0 atom stereocenters. The topological polar surface area (TPSA) is 78.8 Å². The summed E-state index contributed by atoms with van der Waals surface area (Å²) in [7, 11) is -4.04. The Kier molecular flexibility index (Phi) is 7.45. The van der Waals surface area contributed by atoms with Gasteiger partial charge >= 0.3 is 0 Å². The molecule has 0 fully saturated rings. The van der Waals surface area contributed by atoms with Gasteiger partial charge in [-0.15, -0.1) is 0 Å². The first-order valence-corrected chi connectivity index (χ1v) is 11.1. The van der Waals surface area contributed by atoms with E-state index in [0.29, 0.717) is 5.56 Å². The van der Waals surface area contributed by atoms with E-state index in [0.717, 1.165) is 16.1 Å². The summed E-state index contributed by atoms with van der Waals surface area (Å²) in [6.07, 6.45) is 1.13. The highest BCUT2D eigenvalue weighted by molar-refractivity contribution is 7.89. The molecule has 0 aromatic heterocycles. The maximum absolute atomic E-state index is 13.6. The number of aryl methyl sites for hydroxylation is 1. The Balaban J connectivity index is 1.80. The van der Waals surface area contributed by atoms with Gasteiger partial charge in [0.1, 0.15) is 11.6 Å². The summed E-state index contributed by atoms with van der Waals surface area (Å²) < 4.78 is 54.2. The number of hydrazone groups is 1. The summed E-state index contributed by atoms with van der Waals surface area (Å²) in [6.45, 7) is 1.14. The van der Waals surface area contributed by atoms with E-state index >= 15 is 0 Å². The summed E-state index contributed by atoms with van der Waals surface area (Å²) in [5.41, 5.74) is 3.77. The van der Waals surface area contributed by atoms with Crippen molar-refractivity contribution in [2.75, 3.05) is 6.54 Å². The molecule has 32 heavy (non-hydrogen) atoms. The molecular weight excluding hydrogens is 436 g/mol. The number of carbonyl (C=O) groups excluding carboxylic acids is 1. The lowest BCUT2D eigenvalue weighted by atomic mass is 10.2. The second-order valence-electron chi connectivity index (χ2n) is 7.03. The number of amides is 1. The summed E-state index contributed by atoms with van der Waals surface area (Å²) >= 11 is 0. The summed E-state index contributed by atoms with van der Waals surface area (Å²) in [5, 5.41) is 3.70. The average Bonchev–Trinajstić information content (AvgIpc) is 2.76. The van der Waals surface area contributed by atoms with Crippen molar-refractivity contribution in [3.8, 4) is 0 Å². The van der Waals surface area contributed by atoms with Gasteiger partial charge in [-0.25, -0.2) is 22.6 Å². The van der Waals surface area contributed by atoms with Crippen LogP contribution in [0.3, 0.4) is 0 Å². The normalized spacial score (nSPS) is 11.8. The number of nitrogens with zero attached hydrogens (tertiary/aromatic N) is 2. The quantitative estimate of drug-likeness (QED) is 0.415. The van der Waals surface area contributed by atoms with Crippen LogP contribution in [-0.2, 0) is 21.4 Å². The van der Waals surface area contributed by atoms with Gasteiger partial charge in [0.15, 0.2) is 0 Å². The molecule has 3 aromatic rings. The van der Waals surface area contributed by atoms with Crippen molar-refractivity contribution >= 4 is 22.1 Å². The van der Waals surface area contributed by atoms with Crippen molar-refractivity contribution in [3.63, 3.8) is 0 Å². The zero-order valence-corrected chi connectivity index (χ0v) is 18.0. The van der Waals surface area contributed by atoms with Crippen LogP contribution < -0.4 is 5.43 Å². The van der Waals surface area contributed by atoms with Gasteiger partial charge in [-0.3, -0.25) is 4.79 Å². The predicted molar refractivity (Wildman–Crippen MR) is 117 cm³/mol. The standard InChI is InChI=1S/C23H21F2N3O3S/c1-17-6-12-21(13-7-17)32(30,31)28(15-18-8-10-20(24)11-9-18)16-23(29)27-26-14-19-4-2-3-5-22(19)25/h2-14H,15-16H2,1H3,(H,27,29)/b26-14-. The molecule has 0 bridgehead atoms. The molecule has 0 aliphatic carbocycles. The Morgan fingerprint density at radius 2 is 1.66 bits per heavy atom. The molecule has 1 amide bonds. The SMILES string of the molecule is Cc1ccc(S(=O)(=O)N(CC(=O)N/N=C\c2ccccc2F)Cc2ccc(F)cc2)cc1. The molecule has 3 aromatic carbocycles. The molecule has 0 saturated heterocycles. The van der Waals surface area contributed by atoms with Crippen LogP contribution in [0.1, 0.15) is 16.7 Å². The molecule has 0 aliphatic rings. The Bertz CT molecular complexity index is 1210. The first kappa shape index (κ1) is 23.2. The molecule has 0 saturated carbocycles. The van der Waals surface area contributed by atoms with Crippen LogP contribution in [0.25, 0.3) is 0 Å². The van der Waals surface area contributed by atoms with Gasteiger partial charge in [-0.05, 0) is 42.8 Å². The predicted octanol–water partition coefficient (Wildman–Crippen LogP) is 3.61. The zero-order chi connectivity index (χ0) is 23.1. The van der Waals surface area contributed by atoms with Crippen LogP contribution in [0.2, 0.25) is 0 Å². The maximum atomic E-state index is 13.6. The number of sulfonamides is 1. The number of carbonyl (C=O) groups is 1. The molecule has 0 aliphatic heterocycles. The molecule has 166 valence electrons. The number of benzene rings is 3. The summed E-state index contributed by atoms with van der Waals surface area (Å²) in [6, 6.07) is 17.4. The molecular formula is C23H21F2N3O3S. The Hall–Kier alpha value is -3.43. The lowest BCUT2D eigenvalue weighted by Crippen LogP contribution is -2.39. The molecule has 9 heteroatoms. The minimum Gasteiger partial charge on any atom is -0.272 e. The smallest absolute Gasteiger partial charge is 0.255 e. The van der Waals surface area contributed by atoms with E-state index in [1.165, 1.54) is 54.6 Å². The van der Waals surface area contributed by atoms with Gasteiger partial charge in [-0.1, -0.05) is 48.0 Å². The summed E-state index contributed by atoms with van der Waals surface area (Å²) in [4.78, 5) is 12.4. The van der Waals surface area contributed by atoms with Crippen LogP contribution in [0.5, 0.6) is 0 Å².